The summed E-state index contributed by atoms with van der Waals surface area (Å²) in [6.07, 6.45) is 1.87. The second kappa shape index (κ2) is 7.37. The molecule has 0 aromatic carbocycles. The zero-order valence-electron chi connectivity index (χ0n) is 15.5. The molecule has 7 heteroatoms. The number of hydrogen-bond acceptors (Lipinski definition) is 7. The van der Waals surface area contributed by atoms with Crippen LogP contribution in [0.25, 0.3) is 0 Å². The first-order valence-corrected chi connectivity index (χ1v) is 8.57. The Kier molecular flexibility index (Phi) is 5.65. The van der Waals surface area contributed by atoms with Crippen LogP contribution >= 0.6 is 0 Å². The molecule has 0 aliphatic heterocycles. The molecule has 7 nitrogen and oxygen atoms in total. The maximum atomic E-state index is 13.2. The monoisotopic (exact) mass is 350 g/mol. The van der Waals surface area contributed by atoms with E-state index in [0.29, 0.717) is 35.6 Å². The van der Waals surface area contributed by atoms with Gasteiger partial charge in [0.05, 0.1) is 30.5 Å². The SMILES string of the molecule is CCCC(=NO)C(C)[C@H]1Cc2onc(C)c2C(=O)[C@@]1(C)CC(=O)OC. The van der Waals surface area contributed by atoms with Crippen molar-refractivity contribution in [1.29, 1.82) is 0 Å². The highest BCUT2D eigenvalue weighted by molar-refractivity contribution is 6.05. The Morgan fingerprint density at radius 2 is 2.24 bits per heavy atom. The van der Waals surface area contributed by atoms with Crippen molar-refractivity contribution in [2.24, 2.45) is 22.4 Å². The summed E-state index contributed by atoms with van der Waals surface area (Å²) in [6.45, 7) is 7.42. The second-order valence-corrected chi connectivity index (χ2v) is 7.01. The Hall–Kier alpha value is -2.18. The summed E-state index contributed by atoms with van der Waals surface area (Å²) in [7, 11) is 1.31. The van der Waals surface area contributed by atoms with Gasteiger partial charge in [-0.15, -0.1) is 0 Å². The second-order valence-electron chi connectivity index (χ2n) is 7.01. The quantitative estimate of drug-likeness (QED) is 0.366. The van der Waals surface area contributed by atoms with Crippen molar-refractivity contribution >= 4 is 17.5 Å². The van der Waals surface area contributed by atoms with Crippen LogP contribution in [0.1, 0.15) is 61.8 Å². The highest BCUT2D eigenvalue weighted by Gasteiger charge is 2.52. The largest absolute Gasteiger partial charge is 0.469 e. The fourth-order valence-corrected chi connectivity index (χ4v) is 3.89. The molecule has 0 spiro atoms. The molecule has 1 unspecified atom stereocenters. The highest BCUT2D eigenvalue weighted by Crippen LogP contribution is 2.47. The summed E-state index contributed by atoms with van der Waals surface area (Å²) in [5.74, 6) is -0.513. The standard InChI is InChI=1S/C18H26N2O5/c1-6-7-13(19-23)10(2)12-8-14-16(11(3)20-25-14)17(22)18(12,4)9-15(21)24-5/h10,12,23H,6-9H2,1-5H3/t10?,12-,18+/m1/s1. The van der Waals surface area contributed by atoms with E-state index in [2.05, 4.69) is 10.3 Å². The number of aromatic nitrogens is 1. The minimum Gasteiger partial charge on any atom is -0.469 e. The molecule has 2 rings (SSSR count). The molecule has 0 saturated heterocycles. The molecule has 138 valence electrons. The van der Waals surface area contributed by atoms with Crippen LogP contribution in [-0.4, -0.2) is 34.9 Å². The van der Waals surface area contributed by atoms with Gasteiger partial charge in [-0.1, -0.05) is 37.5 Å². The maximum Gasteiger partial charge on any atom is 0.306 e. The van der Waals surface area contributed by atoms with Gasteiger partial charge in [-0.2, -0.15) is 0 Å². The Balaban J connectivity index is 2.51. The molecule has 0 saturated carbocycles. The number of fused-ring (bicyclic) bond motifs is 1. The minimum atomic E-state index is -0.973. The van der Waals surface area contributed by atoms with E-state index in [1.54, 1.807) is 13.8 Å². The number of esters is 1. The summed E-state index contributed by atoms with van der Waals surface area (Å²) < 4.78 is 10.2. The van der Waals surface area contributed by atoms with Gasteiger partial charge in [0, 0.05) is 17.8 Å². The molecule has 1 heterocycles. The van der Waals surface area contributed by atoms with E-state index >= 15 is 0 Å². The van der Waals surface area contributed by atoms with Crippen LogP contribution < -0.4 is 0 Å². The Labute approximate surface area is 147 Å². The summed E-state index contributed by atoms with van der Waals surface area (Å²) in [5, 5.41) is 16.8. The third-order valence-corrected chi connectivity index (χ3v) is 5.41. The van der Waals surface area contributed by atoms with E-state index < -0.39 is 11.4 Å². The minimum absolute atomic E-state index is 0.0355. The Bertz CT molecular complexity index is 694. The van der Waals surface area contributed by atoms with Gasteiger partial charge in [-0.25, -0.2) is 0 Å². The zero-order chi connectivity index (χ0) is 18.8. The predicted molar refractivity (Wildman–Crippen MR) is 90.8 cm³/mol. The van der Waals surface area contributed by atoms with Crippen LogP contribution in [0.15, 0.2) is 9.68 Å². The fourth-order valence-electron chi connectivity index (χ4n) is 3.89. The predicted octanol–water partition coefficient (Wildman–Crippen LogP) is 3.17. The number of oxime groups is 1. The van der Waals surface area contributed by atoms with Crippen LogP contribution in [0.5, 0.6) is 0 Å². The topological polar surface area (TPSA) is 102 Å². The van der Waals surface area contributed by atoms with Crippen molar-refractivity contribution in [3.8, 4) is 0 Å². The summed E-state index contributed by atoms with van der Waals surface area (Å²) in [4.78, 5) is 25.3. The Morgan fingerprint density at radius 3 is 2.80 bits per heavy atom. The van der Waals surface area contributed by atoms with Gasteiger partial charge < -0.3 is 14.5 Å². The van der Waals surface area contributed by atoms with Crippen LogP contribution in [-0.2, 0) is 16.0 Å². The molecular formula is C18H26N2O5. The molecule has 25 heavy (non-hydrogen) atoms. The smallest absolute Gasteiger partial charge is 0.306 e. The van der Waals surface area contributed by atoms with Gasteiger partial charge in [0.1, 0.15) is 5.76 Å². The van der Waals surface area contributed by atoms with Crippen molar-refractivity contribution < 1.29 is 24.1 Å². The molecule has 1 aromatic rings. The average Bonchev–Trinajstić information content (AvgIpc) is 2.96. The number of methoxy groups -OCH3 is 1. The van der Waals surface area contributed by atoms with Gasteiger partial charge in [-0.05, 0) is 19.3 Å². The molecule has 1 N–H and O–H groups in total. The molecule has 1 aromatic heterocycles. The molecule has 1 aliphatic carbocycles. The van der Waals surface area contributed by atoms with E-state index in [-0.39, 0.29) is 24.0 Å². The van der Waals surface area contributed by atoms with Crippen LogP contribution in [0.3, 0.4) is 0 Å². The van der Waals surface area contributed by atoms with Crippen LogP contribution in [0.4, 0.5) is 0 Å². The van der Waals surface area contributed by atoms with E-state index in [0.717, 1.165) is 6.42 Å². The molecule has 0 bridgehead atoms. The molecule has 0 radical (unpaired) electrons. The number of ether oxygens (including phenoxy) is 1. The van der Waals surface area contributed by atoms with Crippen LogP contribution in [0.2, 0.25) is 0 Å². The lowest BCUT2D eigenvalue weighted by Gasteiger charge is -2.41. The number of ketones is 1. The van der Waals surface area contributed by atoms with Crippen LogP contribution in [0, 0.1) is 24.2 Å². The van der Waals surface area contributed by atoms with Gasteiger partial charge in [0.25, 0.3) is 0 Å². The van der Waals surface area contributed by atoms with Gasteiger partial charge in [0.2, 0.25) is 0 Å². The molecule has 3 atom stereocenters. The number of nitrogens with zero attached hydrogens (tertiary/aromatic N) is 2. The van der Waals surface area contributed by atoms with Crippen molar-refractivity contribution in [3.63, 3.8) is 0 Å². The van der Waals surface area contributed by atoms with Crippen molar-refractivity contribution in [2.75, 3.05) is 7.11 Å². The molecule has 1 aliphatic rings. The number of hydrogen-bond donors (Lipinski definition) is 1. The number of aryl methyl sites for hydroxylation is 1. The van der Waals surface area contributed by atoms with E-state index in [4.69, 9.17) is 9.26 Å². The average molecular weight is 350 g/mol. The van der Waals surface area contributed by atoms with Crippen molar-refractivity contribution in [3.05, 3.63) is 17.0 Å². The summed E-state index contributed by atoms with van der Waals surface area (Å²) >= 11 is 0. The summed E-state index contributed by atoms with van der Waals surface area (Å²) in [5.41, 5.74) is 0.648. The van der Waals surface area contributed by atoms with Gasteiger partial charge in [0.15, 0.2) is 5.78 Å². The van der Waals surface area contributed by atoms with Crippen molar-refractivity contribution in [1.82, 2.24) is 5.16 Å². The first-order chi connectivity index (χ1) is 11.8. The third kappa shape index (κ3) is 3.32. The lowest BCUT2D eigenvalue weighted by Crippen LogP contribution is -2.47. The van der Waals surface area contributed by atoms with Gasteiger partial charge in [-0.3, -0.25) is 9.59 Å². The van der Waals surface area contributed by atoms with Crippen molar-refractivity contribution in [2.45, 2.75) is 53.4 Å². The first kappa shape index (κ1) is 19.1. The summed E-state index contributed by atoms with van der Waals surface area (Å²) in [6, 6.07) is 0. The normalized spacial score (nSPS) is 24.8. The number of Topliss-reactive ketones (excluding diaryl/α,β-unsaturated/α-hetero) is 1. The zero-order valence-corrected chi connectivity index (χ0v) is 15.5. The lowest BCUT2D eigenvalue weighted by atomic mass is 9.59. The van der Waals surface area contributed by atoms with Gasteiger partial charge >= 0.3 is 5.97 Å². The van der Waals surface area contributed by atoms with E-state index in [1.165, 1.54) is 7.11 Å². The molecule has 0 fully saturated rings. The number of carbonyl (C=O) groups excluding carboxylic acids is 2. The van der Waals surface area contributed by atoms with E-state index in [1.807, 2.05) is 13.8 Å². The molecule has 0 amide bonds. The maximum absolute atomic E-state index is 13.2. The third-order valence-electron chi connectivity index (χ3n) is 5.41. The number of carbonyl (C=O) groups is 2. The highest BCUT2D eigenvalue weighted by atomic mass is 16.5. The molecular weight excluding hydrogens is 324 g/mol. The first-order valence-electron chi connectivity index (χ1n) is 8.57. The van der Waals surface area contributed by atoms with E-state index in [9.17, 15) is 14.8 Å². The Morgan fingerprint density at radius 1 is 1.56 bits per heavy atom. The lowest BCUT2D eigenvalue weighted by molar-refractivity contribution is -0.143. The number of rotatable bonds is 6. The fraction of sp³-hybridized carbons (Fsp3) is 0.667.